The highest BCUT2D eigenvalue weighted by Crippen LogP contribution is 2.05. The standard InChI is InChI=1S/C15H15NO2/c1-16(12-13-6-3-2-4-7-13)15(17)10-9-14-8-5-11-18-14/h2-11H,12H2,1H3. The topological polar surface area (TPSA) is 33.5 Å². The van der Waals surface area contributed by atoms with Crippen molar-refractivity contribution in [2.45, 2.75) is 6.54 Å². The first-order valence-corrected chi connectivity index (χ1v) is 5.76. The highest BCUT2D eigenvalue weighted by molar-refractivity contribution is 5.91. The first-order valence-electron chi connectivity index (χ1n) is 5.76. The van der Waals surface area contributed by atoms with Gasteiger partial charge in [0, 0.05) is 19.7 Å². The van der Waals surface area contributed by atoms with Crippen LogP contribution in [0.15, 0.2) is 59.2 Å². The van der Waals surface area contributed by atoms with Crippen molar-refractivity contribution in [2.75, 3.05) is 7.05 Å². The van der Waals surface area contributed by atoms with Gasteiger partial charge in [0.05, 0.1) is 6.26 Å². The first-order chi connectivity index (χ1) is 8.75. The van der Waals surface area contributed by atoms with Gasteiger partial charge in [-0.3, -0.25) is 4.79 Å². The minimum atomic E-state index is -0.0461. The summed E-state index contributed by atoms with van der Waals surface area (Å²) in [6.07, 6.45) is 4.77. The Morgan fingerprint density at radius 1 is 1.22 bits per heavy atom. The molecule has 0 unspecified atom stereocenters. The molecular weight excluding hydrogens is 226 g/mol. The van der Waals surface area contributed by atoms with Crippen LogP contribution in [-0.4, -0.2) is 17.9 Å². The van der Waals surface area contributed by atoms with Crippen LogP contribution in [0.25, 0.3) is 6.08 Å². The molecule has 0 aliphatic heterocycles. The Morgan fingerprint density at radius 2 is 2.00 bits per heavy atom. The highest BCUT2D eigenvalue weighted by Gasteiger charge is 2.05. The lowest BCUT2D eigenvalue weighted by molar-refractivity contribution is -0.125. The van der Waals surface area contributed by atoms with E-state index in [2.05, 4.69) is 0 Å². The van der Waals surface area contributed by atoms with E-state index in [-0.39, 0.29) is 5.91 Å². The Hall–Kier alpha value is -2.29. The number of likely N-dealkylation sites (N-methyl/N-ethyl adjacent to an activating group) is 1. The third-order valence-corrected chi connectivity index (χ3v) is 2.57. The molecule has 1 heterocycles. The smallest absolute Gasteiger partial charge is 0.246 e. The van der Waals surface area contributed by atoms with Crippen LogP contribution in [0.5, 0.6) is 0 Å². The fraction of sp³-hybridized carbons (Fsp3) is 0.133. The van der Waals surface area contributed by atoms with Gasteiger partial charge in [-0.05, 0) is 23.8 Å². The maximum Gasteiger partial charge on any atom is 0.246 e. The van der Waals surface area contributed by atoms with Gasteiger partial charge >= 0.3 is 0 Å². The Labute approximate surface area is 106 Å². The van der Waals surface area contributed by atoms with Crippen molar-refractivity contribution < 1.29 is 9.21 Å². The van der Waals surface area contributed by atoms with Crippen LogP contribution in [0.3, 0.4) is 0 Å². The van der Waals surface area contributed by atoms with Crippen LogP contribution in [-0.2, 0) is 11.3 Å². The molecule has 0 aliphatic rings. The molecule has 1 aromatic heterocycles. The number of amides is 1. The Morgan fingerprint density at radius 3 is 2.67 bits per heavy atom. The molecule has 0 N–H and O–H groups in total. The maximum absolute atomic E-state index is 11.8. The molecule has 0 radical (unpaired) electrons. The summed E-state index contributed by atoms with van der Waals surface area (Å²) in [6, 6.07) is 13.5. The van der Waals surface area contributed by atoms with E-state index in [1.165, 1.54) is 6.08 Å². The molecule has 0 saturated carbocycles. The van der Waals surface area contributed by atoms with Crippen molar-refractivity contribution in [2.24, 2.45) is 0 Å². The lowest BCUT2D eigenvalue weighted by atomic mass is 10.2. The highest BCUT2D eigenvalue weighted by atomic mass is 16.3. The number of furan rings is 1. The minimum Gasteiger partial charge on any atom is -0.465 e. The van der Waals surface area contributed by atoms with E-state index in [0.29, 0.717) is 12.3 Å². The molecule has 2 aromatic rings. The van der Waals surface area contributed by atoms with E-state index in [0.717, 1.165) is 5.56 Å². The van der Waals surface area contributed by atoms with Crippen molar-refractivity contribution in [1.82, 2.24) is 4.90 Å². The minimum absolute atomic E-state index is 0.0461. The molecular formula is C15H15NO2. The van der Waals surface area contributed by atoms with Gasteiger partial charge in [-0.15, -0.1) is 0 Å². The van der Waals surface area contributed by atoms with E-state index in [1.54, 1.807) is 36.4 Å². The van der Waals surface area contributed by atoms with E-state index in [9.17, 15) is 4.79 Å². The van der Waals surface area contributed by atoms with Crippen LogP contribution in [0, 0.1) is 0 Å². The predicted molar refractivity (Wildman–Crippen MR) is 70.7 cm³/mol. The van der Waals surface area contributed by atoms with E-state index in [1.807, 2.05) is 30.3 Å². The molecule has 1 aromatic carbocycles. The summed E-state index contributed by atoms with van der Waals surface area (Å²) in [7, 11) is 1.78. The number of carbonyl (C=O) groups excluding carboxylic acids is 1. The largest absolute Gasteiger partial charge is 0.465 e. The Bertz CT molecular complexity index is 515. The normalized spacial score (nSPS) is 10.7. The zero-order valence-corrected chi connectivity index (χ0v) is 10.2. The van der Waals surface area contributed by atoms with Crippen LogP contribution < -0.4 is 0 Å². The molecule has 1 amide bonds. The predicted octanol–water partition coefficient (Wildman–Crippen LogP) is 2.95. The van der Waals surface area contributed by atoms with Crippen molar-refractivity contribution >= 4 is 12.0 Å². The number of benzene rings is 1. The third-order valence-electron chi connectivity index (χ3n) is 2.57. The number of hydrogen-bond acceptors (Lipinski definition) is 2. The molecule has 0 atom stereocenters. The summed E-state index contributed by atoms with van der Waals surface area (Å²) >= 11 is 0. The van der Waals surface area contributed by atoms with Gasteiger partial charge in [0.15, 0.2) is 0 Å². The van der Waals surface area contributed by atoms with Crippen LogP contribution in [0.1, 0.15) is 11.3 Å². The number of rotatable bonds is 4. The van der Waals surface area contributed by atoms with Gasteiger partial charge in [-0.2, -0.15) is 0 Å². The Balaban J connectivity index is 1.93. The SMILES string of the molecule is CN(Cc1ccccc1)C(=O)C=Cc1ccco1. The molecule has 0 bridgehead atoms. The molecule has 3 heteroatoms. The van der Waals surface area contributed by atoms with Crippen molar-refractivity contribution in [3.8, 4) is 0 Å². The second kappa shape index (κ2) is 5.87. The van der Waals surface area contributed by atoms with Gasteiger partial charge in [0.1, 0.15) is 5.76 Å². The third kappa shape index (κ3) is 3.35. The quantitative estimate of drug-likeness (QED) is 0.771. The van der Waals surface area contributed by atoms with Crippen LogP contribution >= 0.6 is 0 Å². The van der Waals surface area contributed by atoms with Gasteiger partial charge in [0.2, 0.25) is 5.91 Å². The van der Waals surface area contributed by atoms with Crippen molar-refractivity contribution in [3.05, 3.63) is 66.1 Å². The molecule has 0 aliphatic carbocycles. The second-order valence-electron chi connectivity index (χ2n) is 4.03. The lowest BCUT2D eigenvalue weighted by Crippen LogP contribution is -2.23. The number of hydrogen-bond donors (Lipinski definition) is 0. The Kier molecular flexibility index (Phi) is 3.97. The summed E-state index contributed by atoms with van der Waals surface area (Å²) < 4.78 is 5.12. The van der Waals surface area contributed by atoms with Gasteiger partial charge in [0.25, 0.3) is 0 Å². The van der Waals surface area contributed by atoms with E-state index in [4.69, 9.17) is 4.42 Å². The maximum atomic E-state index is 11.8. The average molecular weight is 241 g/mol. The molecule has 2 rings (SSSR count). The van der Waals surface area contributed by atoms with E-state index < -0.39 is 0 Å². The molecule has 0 fully saturated rings. The van der Waals surface area contributed by atoms with Crippen molar-refractivity contribution in [3.63, 3.8) is 0 Å². The van der Waals surface area contributed by atoms with Crippen LogP contribution in [0.4, 0.5) is 0 Å². The zero-order chi connectivity index (χ0) is 12.8. The average Bonchev–Trinajstić information content (AvgIpc) is 2.90. The summed E-state index contributed by atoms with van der Waals surface area (Å²) in [5, 5.41) is 0. The molecule has 0 spiro atoms. The number of nitrogens with zero attached hydrogens (tertiary/aromatic N) is 1. The van der Waals surface area contributed by atoms with Gasteiger partial charge < -0.3 is 9.32 Å². The molecule has 18 heavy (non-hydrogen) atoms. The molecule has 0 saturated heterocycles. The zero-order valence-electron chi connectivity index (χ0n) is 10.2. The molecule has 92 valence electrons. The summed E-state index contributed by atoms with van der Waals surface area (Å²) in [4.78, 5) is 13.5. The summed E-state index contributed by atoms with van der Waals surface area (Å²) in [5.74, 6) is 0.631. The number of carbonyl (C=O) groups is 1. The molecule has 3 nitrogen and oxygen atoms in total. The summed E-state index contributed by atoms with van der Waals surface area (Å²) in [6.45, 7) is 0.599. The van der Waals surface area contributed by atoms with Gasteiger partial charge in [-0.25, -0.2) is 0 Å². The van der Waals surface area contributed by atoms with Crippen LogP contribution in [0.2, 0.25) is 0 Å². The van der Waals surface area contributed by atoms with Crippen molar-refractivity contribution in [1.29, 1.82) is 0 Å². The first kappa shape index (κ1) is 12.2. The van der Waals surface area contributed by atoms with E-state index >= 15 is 0 Å². The second-order valence-corrected chi connectivity index (χ2v) is 4.03. The lowest BCUT2D eigenvalue weighted by Gasteiger charge is -2.14. The monoisotopic (exact) mass is 241 g/mol. The van der Waals surface area contributed by atoms with Gasteiger partial charge in [-0.1, -0.05) is 30.3 Å². The fourth-order valence-electron chi connectivity index (χ4n) is 1.60. The summed E-state index contributed by atoms with van der Waals surface area (Å²) in [5.41, 5.74) is 1.11. The fourth-order valence-corrected chi connectivity index (χ4v) is 1.60.